The molecule has 1 fully saturated rings. The van der Waals surface area contributed by atoms with Crippen LogP contribution in [-0.4, -0.2) is 40.3 Å². The van der Waals surface area contributed by atoms with Crippen LogP contribution in [0.4, 0.5) is 4.79 Å². The lowest BCUT2D eigenvalue weighted by atomic mass is 10.0. The van der Waals surface area contributed by atoms with Crippen LogP contribution in [0.2, 0.25) is 0 Å². The van der Waals surface area contributed by atoms with Crippen LogP contribution in [0.25, 0.3) is 10.9 Å². The van der Waals surface area contributed by atoms with Crippen LogP contribution < -0.4 is 10.6 Å². The van der Waals surface area contributed by atoms with Gasteiger partial charge in [-0.05, 0) is 18.9 Å². The molecule has 1 unspecified atom stereocenters. The summed E-state index contributed by atoms with van der Waals surface area (Å²) in [4.78, 5) is 40.6. The Kier molecular flexibility index (Phi) is 3.71. The van der Waals surface area contributed by atoms with Crippen LogP contribution in [0.3, 0.4) is 0 Å². The van der Waals surface area contributed by atoms with E-state index in [0.717, 1.165) is 11.9 Å². The SMILES string of the molecule is Cc1cccc2c3c([nH]c12)CCN(C(=O)CCC1NC(=O)NC1=O)C3. The van der Waals surface area contributed by atoms with Gasteiger partial charge in [0.25, 0.3) is 5.91 Å². The standard InChI is InChI=1S/C18H20N4O3/c1-10-3-2-4-11-12-9-22(8-7-13(12)19-16(10)11)15(23)6-5-14-17(24)21-18(25)20-14/h2-4,14,19H,5-9H2,1H3,(H2,20,21,24,25). The van der Waals surface area contributed by atoms with Crippen molar-refractivity contribution in [2.24, 2.45) is 0 Å². The average molecular weight is 340 g/mol. The third kappa shape index (κ3) is 2.75. The van der Waals surface area contributed by atoms with E-state index < -0.39 is 12.1 Å². The number of nitrogens with zero attached hydrogens (tertiary/aromatic N) is 1. The number of hydrogen-bond donors (Lipinski definition) is 3. The van der Waals surface area contributed by atoms with Crippen LogP contribution in [0.1, 0.15) is 29.7 Å². The van der Waals surface area contributed by atoms with Gasteiger partial charge in [-0.2, -0.15) is 0 Å². The largest absolute Gasteiger partial charge is 0.358 e. The minimum atomic E-state index is -0.604. The third-order valence-corrected chi connectivity index (χ3v) is 5.08. The third-order valence-electron chi connectivity index (χ3n) is 5.08. The van der Waals surface area contributed by atoms with Gasteiger partial charge in [-0.3, -0.25) is 14.9 Å². The number of rotatable bonds is 3. The fraction of sp³-hybridized carbons (Fsp3) is 0.389. The second-order valence-corrected chi connectivity index (χ2v) is 6.70. The summed E-state index contributed by atoms with van der Waals surface area (Å²) >= 11 is 0. The van der Waals surface area contributed by atoms with Gasteiger partial charge in [0.15, 0.2) is 0 Å². The number of para-hydroxylation sites is 1. The smallest absolute Gasteiger partial charge is 0.322 e. The van der Waals surface area contributed by atoms with Crippen molar-refractivity contribution in [3.63, 3.8) is 0 Å². The summed E-state index contributed by atoms with van der Waals surface area (Å²) in [5.41, 5.74) is 4.74. The second kappa shape index (κ2) is 5.91. The summed E-state index contributed by atoms with van der Waals surface area (Å²) in [5, 5.41) is 5.89. The summed E-state index contributed by atoms with van der Waals surface area (Å²) in [6, 6.07) is 5.11. The van der Waals surface area contributed by atoms with Gasteiger partial charge < -0.3 is 15.2 Å². The van der Waals surface area contributed by atoms with Crippen molar-refractivity contribution in [2.45, 2.75) is 38.8 Å². The molecule has 1 aromatic heterocycles. The molecule has 7 nitrogen and oxygen atoms in total. The van der Waals surface area contributed by atoms with E-state index in [1.807, 2.05) is 11.0 Å². The first-order valence-electron chi connectivity index (χ1n) is 8.51. The molecule has 0 radical (unpaired) electrons. The molecule has 3 N–H and O–H groups in total. The normalized spacial score (nSPS) is 19.7. The Morgan fingerprint density at radius 3 is 2.92 bits per heavy atom. The number of aromatic amines is 1. The van der Waals surface area contributed by atoms with E-state index in [1.54, 1.807) is 0 Å². The fourth-order valence-electron chi connectivity index (χ4n) is 3.69. The van der Waals surface area contributed by atoms with Gasteiger partial charge in [0.05, 0.1) is 0 Å². The molecule has 0 spiro atoms. The number of hydrogen-bond acceptors (Lipinski definition) is 3. The van der Waals surface area contributed by atoms with Gasteiger partial charge in [0.2, 0.25) is 5.91 Å². The molecule has 1 saturated heterocycles. The number of aryl methyl sites for hydroxylation is 1. The molecule has 1 aromatic carbocycles. The highest BCUT2D eigenvalue weighted by molar-refractivity contribution is 6.04. The molecule has 130 valence electrons. The number of nitrogens with one attached hydrogen (secondary N) is 3. The van der Waals surface area contributed by atoms with E-state index in [0.29, 0.717) is 19.5 Å². The molecular weight excluding hydrogens is 320 g/mol. The molecule has 4 rings (SSSR count). The summed E-state index contributed by atoms with van der Waals surface area (Å²) in [5.74, 6) is -0.340. The summed E-state index contributed by atoms with van der Waals surface area (Å²) in [6.45, 7) is 3.33. The summed E-state index contributed by atoms with van der Waals surface area (Å²) in [7, 11) is 0. The topological polar surface area (TPSA) is 94.3 Å². The maximum atomic E-state index is 12.5. The predicted molar refractivity (Wildman–Crippen MR) is 91.9 cm³/mol. The van der Waals surface area contributed by atoms with Gasteiger partial charge in [-0.1, -0.05) is 18.2 Å². The highest BCUT2D eigenvalue weighted by Gasteiger charge is 2.31. The van der Waals surface area contributed by atoms with E-state index in [-0.39, 0.29) is 18.2 Å². The number of carbonyl (C=O) groups is 3. The van der Waals surface area contributed by atoms with Gasteiger partial charge in [0, 0.05) is 48.1 Å². The van der Waals surface area contributed by atoms with Crippen LogP contribution in [0.5, 0.6) is 0 Å². The van der Waals surface area contributed by atoms with Crippen LogP contribution in [-0.2, 0) is 22.6 Å². The van der Waals surface area contributed by atoms with E-state index in [1.165, 1.54) is 22.2 Å². The quantitative estimate of drug-likeness (QED) is 0.736. The lowest BCUT2D eigenvalue weighted by Crippen LogP contribution is -2.37. The second-order valence-electron chi connectivity index (χ2n) is 6.70. The highest BCUT2D eigenvalue weighted by atomic mass is 16.2. The Labute approximate surface area is 144 Å². The number of H-pyrrole nitrogens is 1. The van der Waals surface area contributed by atoms with Gasteiger partial charge in [-0.15, -0.1) is 0 Å². The molecule has 2 aliphatic rings. The Balaban J connectivity index is 1.46. The van der Waals surface area contributed by atoms with Crippen molar-refractivity contribution >= 4 is 28.7 Å². The van der Waals surface area contributed by atoms with E-state index in [2.05, 4.69) is 34.7 Å². The van der Waals surface area contributed by atoms with Crippen molar-refractivity contribution in [2.75, 3.05) is 6.54 Å². The maximum absolute atomic E-state index is 12.5. The molecule has 0 aliphatic carbocycles. The van der Waals surface area contributed by atoms with E-state index in [9.17, 15) is 14.4 Å². The fourth-order valence-corrected chi connectivity index (χ4v) is 3.69. The van der Waals surface area contributed by atoms with E-state index >= 15 is 0 Å². The molecule has 4 amide bonds. The van der Waals surface area contributed by atoms with Crippen LogP contribution in [0, 0.1) is 6.92 Å². The Morgan fingerprint density at radius 2 is 2.16 bits per heavy atom. The minimum absolute atomic E-state index is 0.0154. The molecule has 3 heterocycles. The highest BCUT2D eigenvalue weighted by Crippen LogP contribution is 2.29. The first-order chi connectivity index (χ1) is 12.0. The van der Waals surface area contributed by atoms with Crippen molar-refractivity contribution in [3.05, 3.63) is 35.0 Å². The molecular formula is C18H20N4O3. The van der Waals surface area contributed by atoms with Crippen molar-refractivity contribution in [3.8, 4) is 0 Å². The number of fused-ring (bicyclic) bond motifs is 3. The molecule has 1 atom stereocenters. The minimum Gasteiger partial charge on any atom is -0.358 e. The molecule has 0 bridgehead atoms. The first kappa shape index (κ1) is 15.7. The maximum Gasteiger partial charge on any atom is 0.322 e. The lowest BCUT2D eigenvalue weighted by molar-refractivity contribution is -0.132. The van der Waals surface area contributed by atoms with E-state index in [4.69, 9.17) is 0 Å². The zero-order valence-electron chi connectivity index (χ0n) is 14.0. The Bertz CT molecular complexity index is 886. The zero-order valence-corrected chi connectivity index (χ0v) is 14.0. The van der Waals surface area contributed by atoms with Crippen molar-refractivity contribution in [1.82, 2.24) is 20.5 Å². The number of aromatic nitrogens is 1. The van der Waals surface area contributed by atoms with Crippen molar-refractivity contribution in [1.29, 1.82) is 0 Å². The monoisotopic (exact) mass is 340 g/mol. The molecule has 2 aliphatic heterocycles. The number of imide groups is 1. The molecule has 7 heteroatoms. The zero-order chi connectivity index (χ0) is 17.6. The average Bonchev–Trinajstić information content (AvgIpc) is 3.12. The van der Waals surface area contributed by atoms with Crippen LogP contribution >= 0.6 is 0 Å². The number of urea groups is 1. The Hall–Kier alpha value is -2.83. The number of carbonyl (C=O) groups excluding carboxylic acids is 3. The van der Waals surface area contributed by atoms with Crippen LogP contribution in [0.15, 0.2) is 18.2 Å². The van der Waals surface area contributed by atoms with Gasteiger partial charge in [-0.25, -0.2) is 4.79 Å². The summed E-state index contributed by atoms with van der Waals surface area (Å²) < 4.78 is 0. The Morgan fingerprint density at radius 1 is 1.32 bits per heavy atom. The van der Waals surface area contributed by atoms with Gasteiger partial charge in [0.1, 0.15) is 6.04 Å². The number of benzene rings is 1. The number of amides is 4. The van der Waals surface area contributed by atoms with Crippen molar-refractivity contribution < 1.29 is 14.4 Å². The predicted octanol–water partition coefficient (Wildman–Crippen LogP) is 1.35. The first-order valence-corrected chi connectivity index (χ1v) is 8.51. The summed E-state index contributed by atoms with van der Waals surface area (Å²) in [6.07, 6.45) is 1.37. The molecule has 25 heavy (non-hydrogen) atoms. The van der Waals surface area contributed by atoms with Gasteiger partial charge >= 0.3 is 6.03 Å². The molecule has 2 aromatic rings. The lowest BCUT2D eigenvalue weighted by Gasteiger charge is -2.27. The molecule has 0 saturated carbocycles.